The lowest BCUT2D eigenvalue weighted by Gasteiger charge is -2.46. The first kappa shape index (κ1) is 19.7. The molecule has 28 heavy (non-hydrogen) atoms. The maximum Gasteiger partial charge on any atom is 0.164 e. The normalized spacial score (nSPS) is 23.9. The Morgan fingerprint density at radius 3 is 2.79 bits per heavy atom. The molecule has 2 aliphatic rings. The van der Waals surface area contributed by atoms with Gasteiger partial charge in [-0.2, -0.15) is 0 Å². The molecule has 3 heterocycles. The maximum atomic E-state index is 13.6. The summed E-state index contributed by atoms with van der Waals surface area (Å²) in [7, 11) is 0. The first-order valence-corrected chi connectivity index (χ1v) is 10.5. The van der Waals surface area contributed by atoms with Gasteiger partial charge in [-0.15, -0.1) is 0 Å². The Hall–Kier alpha value is -1.56. The molecule has 1 saturated heterocycles. The van der Waals surface area contributed by atoms with E-state index in [0.717, 1.165) is 50.8 Å². The van der Waals surface area contributed by atoms with Gasteiger partial charge in [0.25, 0.3) is 0 Å². The minimum absolute atomic E-state index is 0.0268. The zero-order chi connectivity index (χ0) is 19.5. The molecule has 1 atom stereocenters. The van der Waals surface area contributed by atoms with Crippen LogP contribution in [-0.4, -0.2) is 28.7 Å². The van der Waals surface area contributed by atoms with E-state index >= 15 is 0 Å². The number of hydrogen-bond donors (Lipinski definition) is 1. The molecule has 0 aromatic carbocycles. The summed E-state index contributed by atoms with van der Waals surface area (Å²) in [5, 5.41) is 3.37. The molecule has 4 rings (SSSR count). The highest BCUT2D eigenvalue weighted by atomic mass is 35.5. The first-order chi connectivity index (χ1) is 13.6. The van der Waals surface area contributed by atoms with E-state index in [2.05, 4.69) is 22.4 Å². The van der Waals surface area contributed by atoms with Crippen LogP contribution in [0.5, 0.6) is 0 Å². The smallest absolute Gasteiger partial charge is 0.164 e. The molecule has 4 nitrogen and oxygen atoms in total. The summed E-state index contributed by atoms with van der Waals surface area (Å²) >= 11 is 5.66. The zero-order valence-corrected chi connectivity index (χ0v) is 16.8. The largest absolute Gasteiger partial charge is 0.375 e. The van der Waals surface area contributed by atoms with Crippen LogP contribution in [0.3, 0.4) is 0 Å². The highest BCUT2D eigenvalue weighted by Crippen LogP contribution is 2.49. The molecule has 6 heteroatoms. The molecular weight excluding hydrogens is 377 g/mol. The summed E-state index contributed by atoms with van der Waals surface area (Å²) in [5.41, 5.74) is 2.03. The predicted octanol–water partition coefficient (Wildman–Crippen LogP) is 4.81. The van der Waals surface area contributed by atoms with Gasteiger partial charge in [-0.1, -0.05) is 30.5 Å². The van der Waals surface area contributed by atoms with Crippen molar-refractivity contribution in [2.45, 2.75) is 62.5 Å². The molecule has 150 valence electrons. The van der Waals surface area contributed by atoms with Gasteiger partial charge in [-0.05, 0) is 62.4 Å². The molecule has 1 N–H and O–H groups in total. The molecule has 2 aromatic rings. The Kier molecular flexibility index (Phi) is 5.95. The Bertz CT molecular complexity index is 798. The predicted molar refractivity (Wildman–Crippen MR) is 108 cm³/mol. The second-order valence-electron chi connectivity index (χ2n) is 8.20. The molecule has 1 aliphatic heterocycles. The van der Waals surface area contributed by atoms with Crippen LogP contribution < -0.4 is 5.32 Å². The van der Waals surface area contributed by atoms with E-state index < -0.39 is 5.82 Å². The van der Waals surface area contributed by atoms with Crippen LogP contribution in [0, 0.1) is 5.82 Å². The standard InChI is InChI=1S/C22H27ClFN3O/c23-20-18(24)13-17(15-27-20)14-25-11-8-21(19-5-1-4-10-26-19)9-12-28-22(16-21)6-2-3-7-22/h1,4-5,10,13,15,25H,2-3,6-9,11-12,14,16H2/t21-/m0/s1. The fourth-order valence-corrected chi connectivity index (χ4v) is 5.02. The van der Waals surface area contributed by atoms with Gasteiger partial charge in [-0.25, -0.2) is 9.37 Å². The molecule has 0 amide bonds. The third kappa shape index (κ3) is 4.22. The number of aromatic nitrogens is 2. The van der Waals surface area contributed by atoms with E-state index in [4.69, 9.17) is 21.3 Å². The third-order valence-electron chi connectivity index (χ3n) is 6.33. The summed E-state index contributed by atoms with van der Waals surface area (Å²) in [4.78, 5) is 8.61. The van der Waals surface area contributed by atoms with Gasteiger partial charge >= 0.3 is 0 Å². The van der Waals surface area contributed by atoms with Gasteiger partial charge in [0, 0.05) is 36.7 Å². The number of rotatable bonds is 6. The van der Waals surface area contributed by atoms with Crippen LogP contribution >= 0.6 is 11.6 Å². The maximum absolute atomic E-state index is 13.6. The van der Waals surface area contributed by atoms with E-state index in [1.54, 1.807) is 6.20 Å². The van der Waals surface area contributed by atoms with E-state index in [-0.39, 0.29) is 16.2 Å². The van der Waals surface area contributed by atoms with Crippen molar-refractivity contribution in [3.63, 3.8) is 0 Å². The lowest BCUT2D eigenvalue weighted by molar-refractivity contribution is -0.104. The third-order valence-corrected chi connectivity index (χ3v) is 6.61. The van der Waals surface area contributed by atoms with E-state index in [1.807, 2.05) is 12.3 Å². The summed E-state index contributed by atoms with van der Waals surface area (Å²) in [6.07, 6.45) is 11.4. The van der Waals surface area contributed by atoms with Gasteiger partial charge in [-0.3, -0.25) is 4.98 Å². The molecule has 1 spiro atoms. The van der Waals surface area contributed by atoms with Crippen LogP contribution in [0.15, 0.2) is 36.7 Å². The van der Waals surface area contributed by atoms with Crippen LogP contribution in [0.4, 0.5) is 4.39 Å². The lowest BCUT2D eigenvalue weighted by atomic mass is 9.68. The van der Waals surface area contributed by atoms with Crippen LogP contribution in [0.1, 0.15) is 56.2 Å². The van der Waals surface area contributed by atoms with Crippen molar-refractivity contribution in [1.29, 1.82) is 0 Å². The second kappa shape index (κ2) is 8.44. The summed E-state index contributed by atoms with van der Waals surface area (Å²) in [5.74, 6) is -0.474. The average molecular weight is 404 g/mol. The highest BCUT2D eigenvalue weighted by molar-refractivity contribution is 6.29. The monoisotopic (exact) mass is 403 g/mol. The molecular formula is C22H27ClFN3O. The molecule has 1 saturated carbocycles. The molecule has 2 aromatic heterocycles. The summed E-state index contributed by atoms with van der Waals surface area (Å²) in [6.45, 7) is 2.20. The van der Waals surface area contributed by atoms with Crippen molar-refractivity contribution in [2.24, 2.45) is 0 Å². The first-order valence-electron chi connectivity index (χ1n) is 10.2. The number of nitrogens with zero attached hydrogens (tertiary/aromatic N) is 2. The van der Waals surface area contributed by atoms with Crippen molar-refractivity contribution in [3.05, 3.63) is 58.9 Å². The summed E-state index contributed by atoms with van der Waals surface area (Å²) in [6, 6.07) is 7.66. The molecule has 0 radical (unpaired) electrons. The van der Waals surface area contributed by atoms with Crippen molar-refractivity contribution in [1.82, 2.24) is 15.3 Å². The molecule has 2 fully saturated rings. The fourth-order valence-electron chi connectivity index (χ4n) is 4.91. The molecule has 0 unspecified atom stereocenters. The second-order valence-corrected chi connectivity index (χ2v) is 8.56. The number of pyridine rings is 2. The van der Waals surface area contributed by atoms with Crippen LogP contribution in [0.2, 0.25) is 5.15 Å². The molecule has 1 aliphatic carbocycles. The minimum atomic E-state index is -0.474. The van der Waals surface area contributed by atoms with Gasteiger partial charge in [0.05, 0.1) is 5.60 Å². The SMILES string of the molecule is Fc1cc(CNCC[C@]2(c3ccccn3)CCOC3(CCCC3)C2)cnc1Cl. The van der Waals surface area contributed by atoms with Crippen molar-refractivity contribution in [2.75, 3.05) is 13.2 Å². The number of nitrogens with one attached hydrogen (secondary N) is 1. The van der Waals surface area contributed by atoms with Crippen LogP contribution in [0.25, 0.3) is 0 Å². The van der Waals surface area contributed by atoms with Gasteiger partial charge in [0.15, 0.2) is 11.0 Å². The average Bonchev–Trinajstić information content (AvgIpc) is 3.16. The van der Waals surface area contributed by atoms with Gasteiger partial charge < -0.3 is 10.1 Å². The number of halogens is 2. The number of ether oxygens (including phenoxy) is 1. The zero-order valence-electron chi connectivity index (χ0n) is 16.1. The molecule has 0 bridgehead atoms. The van der Waals surface area contributed by atoms with E-state index in [9.17, 15) is 4.39 Å². The minimum Gasteiger partial charge on any atom is -0.375 e. The van der Waals surface area contributed by atoms with Crippen molar-refractivity contribution >= 4 is 11.6 Å². The van der Waals surface area contributed by atoms with Crippen molar-refractivity contribution < 1.29 is 9.13 Å². The Labute approximate surface area is 170 Å². The summed E-state index contributed by atoms with van der Waals surface area (Å²) < 4.78 is 19.9. The van der Waals surface area contributed by atoms with Crippen molar-refractivity contribution in [3.8, 4) is 0 Å². The fraction of sp³-hybridized carbons (Fsp3) is 0.545. The van der Waals surface area contributed by atoms with Gasteiger partial charge in [0.2, 0.25) is 0 Å². The highest BCUT2D eigenvalue weighted by Gasteiger charge is 2.48. The topological polar surface area (TPSA) is 47.0 Å². The van der Waals surface area contributed by atoms with Gasteiger partial charge in [0.1, 0.15) is 0 Å². The number of hydrogen-bond acceptors (Lipinski definition) is 4. The van der Waals surface area contributed by atoms with Crippen LogP contribution in [-0.2, 0) is 16.7 Å². The lowest BCUT2D eigenvalue weighted by Crippen LogP contribution is -2.47. The Balaban J connectivity index is 1.45. The Morgan fingerprint density at radius 1 is 1.18 bits per heavy atom. The van der Waals surface area contributed by atoms with E-state index in [1.165, 1.54) is 24.6 Å². The van der Waals surface area contributed by atoms with E-state index in [0.29, 0.717) is 6.54 Å². The Morgan fingerprint density at radius 2 is 2.04 bits per heavy atom. The quantitative estimate of drug-likeness (QED) is 0.555.